The van der Waals surface area contributed by atoms with E-state index in [2.05, 4.69) is 109 Å². The summed E-state index contributed by atoms with van der Waals surface area (Å²) in [6.07, 6.45) is 8.70. The van der Waals surface area contributed by atoms with Gasteiger partial charge in [0, 0.05) is 0 Å². The Kier molecular flexibility index (Phi) is 3.77. The molecule has 0 aromatic heterocycles. The number of rotatable bonds is 2. The molecule has 0 saturated carbocycles. The molecule has 0 radical (unpaired) electrons. The van der Waals surface area contributed by atoms with Crippen LogP contribution < -0.4 is 5.73 Å². The van der Waals surface area contributed by atoms with Crippen molar-refractivity contribution < 1.29 is 0 Å². The van der Waals surface area contributed by atoms with Gasteiger partial charge in [-0.05, 0) is 78.9 Å². The molecule has 8 rings (SSSR count). The zero-order valence-corrected chi connectivity index (χ0v) is 19.5. The molecule has 1 spiro atoms. The Hall–Kier alpha value is -3.94. The molecule has 5 aromatic rings. The summed E-state index contributed by atoms with van der Waals surface area (Å²) in [6, 6.07) is 34.0. The van der Waals surface area contributed by atoms with Gasteiger partial charge in [-0.2, -0.15) is 0 Å². The molecular weight excluding hydrogens is 422 g/mol. The van der Waals surface area contributed by atoms with Crippen molar-refractivity contribution in [3.05, 3.63) is 143 Å². The van der Waals surface area contributed by atoms with Gasteiger partial charge in [0.1, 0.15) is 0 Å². The Labute approximate surface area is 205 Å². The van der Waals surface area contributed by atoms with Crippen LogP contribution in [0.25, 0.3) is 32.7 Å². The third kappa shape index (κ3) is 2.27. The van der Waals surface area contributed by atoms with Gasteiger partial charge >= 0.3 is 0 Å². The Morgan fingerprint density at radius 2 is 1.31 bits per heavy atom. The summed E-state index contributed by atoms with van der Waals surface area (Å²) in [5.74, 6) is 0. The van der Waals surface area contributed by atoms with Crippen molar-refractivity contribution in [2.45, 2.75) is 24.3 Å². The van der Waals surface area contributed by atoms with Crippen molar-refractivity contribution in [3.63, 3.8) is 0 Å². The Bertz CT molecular complexity index is 1700. The zero-order valence-electron chi connectivity index (χ0n) is 19.5. The van der Waals surface area contributed by atoms with E-state index in [0.717, 1.165) is 12.8 Å². The van der Waals surface area contributed by atoms with Gasteiger partial charge in [0.2, 0.25) is 0 Å². The van der Waals surface area contributed by atoms with Crippen molar-refractivity contribution in [2.75, 3.05) is 0 Å². The summed E-state index contributed by atoms with van der Waals surface area (Å²) in [6.45, 7) is 0. The van der Waals surface area contributed by atoms with Crippen LogP contribution in [-0.2, 0) is 5.41 Å². The SMILES string of the molecule is NC(C1=CC=CCC1)c1cccc2c1-c1ccccc1C21c2cccc3ccc4cccc1c4c23. The molecule has 1 heteroatoms. The van der Waals surface area contributed by atoms with Crippen molar-refractivity contribution in [1.29, 1.82) is 0 Å². The van der Waals surface area contributed by atoms with Crippen LogP contribution in [0.5, 0.6) is 0 Å². The number of hydrogen-bond donors (Lipinski definition) is 1. The zero-order chi connectivity index (χ0) is 23.1. The molecule has 1 nitrogen and oxygen atoms in total. The summed E-state index contributed by atoms with van der Waals surface area (Å²) < 4.78 is 0. The lowest BCUT2D eigenvalue weighted by Crippen LogP contribution is -2.26. The molecule has 3 aliphatic rings. The molecule has 0 fully saturated rings. The topological polar surface area (TPSA) is 26.0 Å². The number of hydrogen-bond acceptors (Lipinski definition) is 1. The summed E-state index contributed by atoms with van der Waals surface area (Å²) in [7, 11) is 0. The van der Waals surface area contributed by atoms with Gasteiger partial charge < -0.3 is 5.73 Å². The van der Waals surface area contributed by atoms with E-state index in [9.17, 15) is 0 Å². The summed E-state index contributed by atoms with van der Waals surface area (Å²) in [5, 5.41) is 5.44. The van der Waals surface area contributed by atoms with Gasteiger partial charge in [0.05, 0.1) is 11.5 Å². The predicted octanol–water partition coefficient (Wildman–Crippen LogP) is 7.95. The lowest BCUT2D eigenvalue weighted by molar-refractivity contribution is 0.764. The largest absolute Gasteiger partial charge is 0.321 e. The third-order valence-corrected chi connectivity index (χ3v) is 8.58. The molecule has 2 N–H and O–H groups in total. The number of benzene rings is 5. The summed E-state index contributed by atoms with van der Waals surface area (Å²) in [5.41, 5.74) is 17.5. The first kappa shape index (κ1) is 19.4. The van der Waals surface area contributed by atoms with E-state index in [-0.39, 0.29) is 11.5 Å². The maximum atomic E-state index is 7.02. The third-order valence-electron chi connectivity index (χ3n) is 8.58. The first-order valence-electron chi connectivity index (χ1n) is 12.6. The average molecular weight is 448 g/mol. The molecule has 1 atom stereocenters. The van der Waals surface area contributed by atoms with Gasteiger partial charge in [-0.25, -0.2) is 0 Å². The lowest BCUT2D eigenvalue weighted by Gasteiger charge is -2.31. The second-order valence-corrected chi connectivity index (χ2v) is 10.1. The first-order valence-corrected chi connectivity index (χ1v) is 12.6. The van der Waals surface area contributed by atoms with Crippen LogP contribution in [0.4, 0.5) is 0 Å². The maximum absolute atomic E-state index is 7.02. The van der Waals surface area contributed by atoms with Gasteiger partial charge in [-0.1, -0.05) is 109 Å². The van der Waals surface area contributed by atoms with Gasteiger partial charge in [-0.15, -0.1) is 0 Å². The van der Waals surface area contributed by atoms with E-state index >= 15 is 0 Å². The Morgan fingerprint density at radius 3 is 2.03 bits per heavy atom. The predicted molar refractivity (Wildman–Crippen MR) is 146 cm³/mol. The van der Waals surface area contributed by atoms with Crippen LogP contribution in [-0.4, -0.2) is 0 Å². The van der Waals surface area contributed by atoms with E-state index in [1.54, 1.807) is 0 Å². The molecule has 0 amide bonds. The fourth-order valence-corrected chi connectivity index (χ4v) is 7.20. The monoisotopic (exact) mass is 447 g/mol. The Balaban J connectivity index is 1.52. The second kappa shape index (κ2) is 6.81. The van der Waals surface area contributed by atoms with E-state index in [4.69, 9.17) is 5.73 Å². The standard InChI is InChI=1S/C34H25N/c35-33(23-9-2-1-3-10-23)25-14-8-18-29-32(25)24-13-4-5-15-26(24)34(29)27-16-6-11-21-19-20-22-12-7-17-28(34)31(22)30(21)27/h1-2,4-9,11-20,33H,3,10,35H2. The van der Waals surface area contributed by atoms with Crippen LogP contribution in [0, 0.1) is 0 Å². The van der Waals surface area contributed by atoms with Gasteiger partial charge in [0.15, 0.2) is 0 Å². The minimum atomic E-state index is -0.314. The van der Waals surface area contributed by atoms with Gasteiger partial charge in [-0.3, -0.25) is 0 Å². The van der Waals surface area contributed by atoms with E-state index < -0.39 is 0 Å². The van der Waals surface area contributed by atoms with E-state index in [1.165, 1.54) is 66.1 Å². The molecule has 1 unspecified atom stereocenters. The minimum Gasteiger partial charge on any atom is -0.321 e. The highest BCUT2D eigenvalue weighted by Crippen LogP contribution is 2.63. The summed E-state index contributed by atoms with van der Waals surface area (Å²) in [4.78, 5) is 0. The molecular formula is C34H25N. The van der Waals surface area contributed by atoms with Crippen LogP contribution in [0.2, 0.25) is 0 Å². The highest BCUT2D eigenvalue weighted by Gasteiger charge is 2.51. The summed E-state index contributed by atoms with van der Waals surface area (Å²) >= 11 is 0. The number of nitrogens with two attached hydrogens (primary N) is 1. The van der Waals surface area contributed by atoms with Crippen LogP contribution in [0.15, 0.2) is 115 Å². The quantitative estimate of drug-likeness (QED) is 0.267. The highest BCUT2D eigenvalue weighted by molar-refractivity contribution is 6.17. The van der Waals surface area contributed by atoms with Crippen molar-refractivity contribution in [1.82, 2.24) is 0 Å². The smallest absolute Gasteiger partial charge is 0.0726 e. The lowest BCUT2D eigenvalue weighted by atomic mass is 9.70. The minimum absolute atomic E-state index is 0.103. The molecule has 0 heterocycles. The fourth-order valence-electron chi connectivity index (χ4n) is 7.20. The van der Waals surface area contributed by atoms with Crippen molar-refractivity contribution >= 4 is 21.5 Å². The molecule has 35 heavy (non-hydrogen) atoms. The molecule has 0 aliphatic heterocycles. The van der Waals surface area contributed by atoms with Gasteiger partial charge in [0.25, 0.3) is 0 Å². The van der Waals surface area contributed by atoms with E-state index in [0.29, 0.717) is 0 Å². The van der Waals surface area contributed by atoms with Crippen LogP contribution >= 0.6 is 0 Å². The van der Waals surface area contributed by atoms with Crippen LogP contribution in [0.3, 0.4) is 0 Å². The maximum Gasteiger partial charge on any atom is 0.0726 e. The van der Waals surface area contributed by atoms with Crippen LogP contribution in [0.1, 0.15) is 46.7 Å². The molecule has 3 aliphatic carbocycles. The second-order valence-electron chi connectivity index (χ2n) is 10.1. The fraction of sp³-hybridized carbons (Fsp3) is 0.118. The average Bonchev–Trinajstić information content (AvgIpc) is 3.40. The highest BCUT2D eigenvalue weighted by atomic mass is 14.6. The molecule has 166 valence electrons. The Morgan fingerprint density at radius 1 is 0.657 bits per heavy atom. The van der Waals surface area contributed by atoms with Crippen molar-refractivity contribution in [2.24, 2.45) is 5.73 Å². The van der Waals surface area contributed by atoms with Crippen molar-refractivity contribution in [3.8, 4) is 11.1 Å². The molecule has 5 aromatic carbocycles. The molecule has 0 bridgehead atoms. The number of allylic oxidation sites excluding steroid dienone is 3. The van der Waals surface area contributed by atoms with E-state index in [1.807, 2.05) is 0 Å². The first-order chi connectivity index (χ1) is 17.3. The normalized spacial score (nSPS) is 17.2. The number of fused-ring (bicyclic) bond motifs is 7. The molecule has 0 saturated heterocycles.